The van der Waals surface area contributed by atoms with E-state index in [1.54, 1.807) is 12.3 Å². The maximum atomic E-state index is 13.0. The number of halogens is 1. The van der Waals surface area contributed by atoms with Gasteiger partial charge in [-0.1, -0.05) is 6.92 Å². The molecule has 0 unspecified atom stereocenters. The molecule has 0 aliphatic carbocycles. The molecule has 0 aliphatic heterocycles. The van der Waals surface area contributed by atoms with Crippen LogP contribution in [0, 0.1) is 23.1 Å². The largest absolute Gasteiger partial charge is 0.384 e. The van der Waals surface area contributed by atoms with E-state index in [2.05, 4.69) is 17.3 Å². The lowest BCUT2D eigenvalue weighted by molar-refractivity contribution is 0.468. The lowest BCUT2D eigenvalue weighted by Gasteiger charge is -2.14. The highest BCUT2D eigenvalue weighted by Gasteiger charge is 2.07. The number of nitrogens with zero attached hydrogens (tertiary/aromatic N) is 3. The predicted octanol–water partition coefficient (Wildman–Crippen LogP) is 2.64. The molecule has 0 saturated carbocycles. The summed E-state index contributed by atoms with van der Waals surface area (Å²) in [5.41, 5.74) is 0.988. The van der Waals surface area contributed by atoms with Gasteiger partial charge in [0.05, 0.1) is 11.3 Å². The molecule has 0 amide bonds. The molecule has 1 heterocycles. The zero-order valence-electron chi connectivity index (χ0n) is 10.7. The van der Waals surface area contributed by atoms with Gasteiger partial charge in [0.1, 0.15) is 11.9 Å². The molecule has 0 bridgehead atoms. The molecule has 1 aromatic heterocycles. The number of hydrogen-bond donors (Lipinski definition) is 1. The molecule has 0 spiro atoms. The summed E-state index contributed by atoms with van der Waals surface area (Å²) in [6, 6.07) is 8.05. The second kappa shape index (κ2) is 6.01. The van der Waals surface area contributed by atoms with Gasteiger partial charge in [0.2, 0.25) is 0 Å². The first kappa shape index (κ1) is 13.1. The molecule has 0 fully saturated rings. The number of aromatic nitrogens is 2. The maximum absolute atomic E-state index is 13.0. The predicted molar refractivity (Wildman–Crippen MR) is 71.0 cm³/mol. The molecule has 2 rings (SSSR count). The second-order valence-corrected chi connectivity index (χ2v) is 4.52. The standard InChI is InChI=1S/C14H15FN4/c1-11(10-19-6-2-5-18-19)9-17-14-4-3-13(15)7-12(14)8-16/h2-7,11,17H,9-10H2,1H3/t11-/m0/s1. The summed E-state index contributed by atoms with van der Waals surface area (Å²) in [5, 5.41) is 16.3. The molecule has 0 radical (unpaired) electrons. The van der Waals surface area contributed by atoms with Crippen molar-refractivity contribution in [3.05, 3.63) is 48.0 Å². The van der Waals surface area contributed by atoms with Crippen LogP contribution < -0.4 is 5.32 Å². The van der Waals surface area contributed by atoms with E-state index < -0.39 is 5.82 Å². The van der Waals surface area contributed by atoms with Crippen molar-refractivity contribution in [2.24, 2.45) is 5.92 Å². The van der Waals surface area contributed by atoms with Crippen molar-refractivity contribution < 1.29 is 4.39 Å². The molecular formula is C14H15FN4. The molecule has 0 aliphatic rings. The van der Waals surface area contributed by atoms with Crippen LogP contribution in [0.3, 0.4) is 0 Å². The summed E-state index contributed by atoms with van der Waals surface area (Å²) < 4.78 is 14.9. The van der Waals surface area contributed by atoms with Crippen molar-refractivity contribution in [3.8, 4) is 6.07 Å². The molecule has 19 heavy (non-hydrogen) atoms. The molecule has 5 heteroatoms. The number of rotatable bonds is 5. The summed E-state index contributed by atoms with van der Waals surface area (Å²) in [7, 11) is 0. The maximum Gasteiger partial charge on any atom is 0.124 e. The van der Waals surface area contributed by atoms with E-state index in [9.17, 15) is 4.39 Å². The van der Waals surface area contributed by atoms with Crippen molar-refractivity contribution in [2.45, 2.75) is 13.5 Å². The van der Waals surface area contributed by atoms with E-state index >= 15 is 0 Å². The first-order chi connectivity index (χ1) is 9.19. The minimum absolute atomic E-state index is 0.325. The van der Waals surface area contributed by atoms with Crippen LogP contribution >= 0.6 is 0 Å². The lowest BCUT2D eigenvalue weighted by atomic mass is 10.1. The zero-order valence-corrected chi connectivity index (χ0v) is 10.7. The Bertz CT molecular complexity index is 572. The fraction of sp³-hybridized carbons (Fsp3) is 0.286. The van der Waals surface area contributed by atoms with Crippen molar-refractivity contribution in [3.63, 3.8) is 0 Å². The monoisotopic (exact) mass is 258 g/mol. The Hall–Kier alpha value is -2.35. The first-order valence-corrected chi connectivity index (χ1v) is 6.10. The Morgan fingerprint density at radius 2 is 2.37 bits per heavy atom. The lowest BCUT2D eigenvalue weighted by Crippen LogP contribution is -2.17. The van der Waals surface area contributed by atoms with E-state index in [1.165, 1.54) is 12.1 Å². The van der Waals surface area contributed by atoms with Gasteiger partial charge in [-0.25, -0.2) is 4.39 Å². The van der Waals surface area contributed by atoms with Crippen molar-refractivity contribution in [2.75, 3.05) is 11.9 Å². The fourth-order valence-electron chi connectivity index (χ4n) is 1.84. The number of nitrogens with one attached hydrogen (secondary N) is 1. The number of benzene rings is 1. The Kier molecular flexibility index (Phi) is 4.14. The minimum atomic E-state index is -0.397. The van der Waals surface area contributed by atoms with Gasteiger partial charge in [0.15, 0.2) is 0 Å². The summed E-state index contributed by atoms with van der Waals surface area (Å²) >= 11 is 0. The molecule has 0 saturated heterocycles. The number of hydrogen-bond acceptors (Lipinski definition) is 3. The normalized spacial score (nSPS) is 11.8. The van der Waals surface area contributed by atoms with E-state index in [0.717, 1.165) is 6.54 Å². The topological polar surface area (TPSA) is 53.6 Å². The summed E-state index contributed by atoms with van der Waals surface area (Å²) in [4.78, 5) is 0. The number of nitriles is 1. The molecule has 98 valence electrons. The summed E-state index contributed by atoms with van der Waals surface area (Å²) in [6.07, 6.45) is 3.66. The Morgan fingerprint density at radius 1 is 1.53 bits per heavy atom. The highest BCUT2D eigenvalue weighted by atomic mass is 19.1. The second-order valence-electron chi connectivity index (χ2n) is 4.52. The average Bonchev–Trinajstić information content (AvgIpc) is 2.90. The van der Waals surface area contributed by atoms with Crippen LogP contribution in [0.15, 0.2) is 36.7 Å². The summed E-state index contributed by atoms with van der Waals surface area (Å²) in [6.45, 7) is 3.58. The van der Waals surface area contributed by atoms with Crippen LogP contribution in [-0.2, 0) is 6.54 Å². The van der Waals surface area contributed by atoms with Crippen LogP contribution in [0.2, 0.25) is 0 Å². The third-order valence-electron chi connectivity index (χ3n) is 2.80. The Balaban J connectivity index is 1.93. The van der Waals surface area contributed by atoms with Crippen molar-refractivity contribution in [1.29, 1.82) is 5.26 Å². The van der Waals surface area contributed by atoms with Crippen LogP contribution in [0.25, 0.3) is 0 Å². The highest BCUT2D eigenvalue weighted by molar-refractivity contribution is 5.57. The van der Waals surface area contributed by atoms with Crippen molar-refractivity contribution >= 4 is 5.69 Å². The molecule has 2 aromatic rings. The van der Waals surface area contributed by atoms with Gasteiger partial charge in [0.25, 0.3) is 0 Å². The molecule has 1 atom stereocenters. The van der Waals surface area contributed by atoms with Gasteiger partial charge in [-0.15, -0.1) is 0 Å². The number of anilines is 1. The molecular weight excluding hydrogens is 243 g/mol. The first-order valence-electron chi connectivity index (χ1n) is 6.10. The molecule has 4 nitrogen and oxygen atoms in total. The van der Waals surface area contributed by atoms with Gasteiger partial charge >= 0.3 is 0 Å². The summed E-state index contributed by atoms with van der Waals surface area (Å²) in [5.74, 6) is -0.0526. The van der Waals surface area contributed by atoms with E-state index in [4.69, 9.17) is 5.26 Å². The Labute approximate surface area is 111 Å². The van der Waals surface area contributed by atoms with E-state index in [-0.39, 0.29) is 0 Å². The van der Waals surface area contributed by atoms with Crippen LogP contribution in [0.1, 0.15) is 12.5 Å². The van der Waals surface area contributed by atoms with Gasteiger partial charge in [-0.05, 0) is 30.2 Å². The van der Waals surface area contributed by atoms with Gasteiger partial charge < -0.3 is 5.32 Å². The molecule has 1 aromatic carbocycles. The van der Waals surface area contributed by atoms with E-state index in [0.29, 0.717) is 23.7 Å². The van der Waals surface area contributed by atoms with Gasteiger partial charge in [-0.3, -0.25) is 4.68 Å². The Morgan fingerprint density at radius 3 is 3.05 bits per heavy atom. The molecule has 1 N–H and O–H groups in total. The van der Waals surface area contributed by atoms with Crippen molar-refractivity contribution in [1.82, 2.24) is 9.78 Å². The highest BCUT2D eigenvalue weighted by Crippen LogP contribution is 2.16. The zero-order chi connectivity index (χ0) is 13.7. The van der Waals surface area contributed by atoms with E-state index in [1.807, 2.05) is 23.0 Å². The van der Waals surface area contributed by atoms with Gasteiger partial charge in [0, 0.05) is 25.5 Å². The SMILES string of the molecule is C[C@@H](CNc1ccc(F)cc1C#N)Cn1cccn1. The average molecular weight is 258 g/mol. The van der Waals surface area contributed by atoms with Gasteiger partial charge in [-0.2, -0.15) is 10.4 Å². The third kappa shape index (κ3) is 3.55. The fourth-order valence-corrected chi connectivity index (χ4v) is 1.84. The quantitative estimate of drug-likeness (QED) is 0.897. The minimum Gasteiger partial charge on any atom is -0.384 e. The van der Waals surface area contributed by atoms with Crippen LogP contribution in [0.4, 0.5) is 10.1 Å². The smallest absolute Gasteiger partial charge is 0.124 e. The van der Waals surface area contributed by atoms with Crippen LogP contribution in [-0.4, -0.2) is 16.3 Å². The third-order valence-corrected chi connectivity index (χ3v) is 2.80. The van der Waals surface area contributed by atoms with Crippen LogP contribution in [0.5, 0.6) is 0 Å².